The lowest BCUT2D eigenvalue weighted by Crippen LogP contribution is -2.42. The molecule has 29 heavy (non-hydrogen) atoms. The monoisotopic (exact) mass is 432 g/mol. The number of carbonyl (C=O) groups excluding carboxylic acids is 1. The summed E-state index contributed by atoms with van der Waals surface area (Å²) < 4.78 is 26.6. The van der Waals surface area contributed by atoms with Gasteiger partial charge < -0.3 is 4.90 Å². The molecule has 2 aromatic rings. The van der Waals surface area contributed by atoms with Crippen LogP contribution in [0.3, 0.4) is 0 Å². The second-order valence-electron chi connectivity index (χ2n) is 7.26. The Bertz CT molecular complexity index is 969. The molecular weight excluding hydrogens is 408 g/mol. The van der Waals surface area contributed by atoms with E-state index in [-0.39, 0.29) is 11.8 Å². The van der Waals surface area contributed by atoms with E-state index >= 15 is 0 Å². The highest BCUT2D eigenvalue weighted by Gasteiger charge is 2.31. The summed E-state index contributed by atoms with van der Waals surface area (Å²) >= 11 is 6.01. The van der Waals surface area contributed by atoms with Gasteiger partial charge >= 0.3 is 0 Å². The maximum absolute atomic E-state index is 12.8. The Hall–Kier alpha value is -2.15. The zero-order valence-electron chi connectivity index (χ0n) is 16.4. The summed E-state index contributed by atoms with van der Waals surface area (Å²) in [5, 5.41) is 1.89. The molecule has 0 aliphatic carbocycles. The predicted molar refractivity (Wildman–Crippen MR) is 117 cm³/mol. The lowest BCUT2D eigenvalue weighted by Gasteiger charge is -2.32. The van der Waals surface area contributed by atoms with Gasteiger partial charge in [-0.15, -0.1) is 0 Å². The van der Waals surface area contributed by atoms with Crippen molar-refractivity contribution < 1.29 is 13.2 Å². The van der Waals surface area contributed by atoms with Gasteiger partial charge in [0.1, 0.15) is 0 Å². The van der Waals surface area contributed by atoms with E-state index < -0.39 is 10.0 Å². The predicted octanol–water partition coefficient (Wildman–Crippen LogP) is 4.01. The van der Waals surface area contributed by atoms with Crippen LogP contribution in [0.15, 0.2) is 60.0 Å². The van der Waals surface area contributed by atoms with Crippen molar-refractivity contribution in [3.05, 3.63) is 76.2 Å². The van der Waals surface area contributed by atoms with Gasteiger partial charge in [0.25, 0.3) is 0 Å². The lowest BCUT2D eigenvalue weighted by atomic mass is 9.96. The van der Waals surface area contributed by atoms with E-state index in [1.807, 2.05) is 48.5 Å². The summed E-state index contributed by atoms with van der Waals surface area (Å²) in [5.74, 6) is -0.120. The fraction of sp³-hybridized carbons (Fsp3) is 0.318. The number of hydrogen-bond donors (Lipinski definition) is 0. The summed E-state index contributed by atoms with van der Waals surface area (Å²) in [6.07, 6.45) is 2.65. The molecule has 1 aliphatic heterocycles. The Balaban J connectivity index is 1.55. The van der Waals surface area contributed by atoms with Crippen molar-refractivity contribution in [2.75, 3.05) is 20.1 Å². The highest BCUT2D eigenvalue weighted by molar-refractivity contribution is 7.92. The molecular formula is C22H25ClN2O3S. The number of benzene rings is 2. The number of halogens is 1. The molecule has 1 heterocycles. The standard InChI is InChI=1S/C22H25ClN2O3S/c1-24(17-19-8-5-9-21(23)16-19)22(26)20-10-13-25(14-11-20)29(27,28)15-12-18-6-3-2-4-7-18/h2-9,12,15-16,20H,10-11,13-14,17H2,1H3. The van der Waals surface area contributed by atoms with Gasteiger partial charge in [-0.25, -0.2) is 8.42 Å². The summed E-state index contributed by atoms with van der Waals surface area (Å²) in [6, 6.07) is 16.8. The summed E-state index contributed by atoms with van der Waals surface area (Å²) in [7, 11) is -1.72. The van der Waals surface area contributed by atoms with E-state index in [0.29, 0.717) is 37.5 Å². The molecule has 2 aromatic carbocycles. The van der Waals surface area contributed by atoms with Crippen molar-refractivity contribution in [3.8, 4) is 0 Å². The number of sulfonamides is 1. The van der Waals surface area contributed by atoms with E-state index in [4.69, 9.17) is 11.6 Å². The van der Waals surface area contributed by atoms with Gasteiger partial charge in [0.15, 0.2) is 0 Å². The Labute approximate surface area is 177 Å². The second-order valence-corrected chi connectivity index (χ2v) is 9.51. The Morgan fingerprint density at radius 1 is 1.14 bits per heavy atom. The fourth-order valence-electron chi connectivity index (χ4n) is 3.47. The maximum Gasteiger partial charge on any atom is 0.236 e. The second kappa shape index (κ2) is 9.57. The molecule has 0 N–H and O–H groups in total. The molecule has 0 spiro atoms. The summed E-state index contributed by atoms with van der Waals surface area (Å²) in [5.41, 5.74) is 1.81. The van der Waals surface area contributed by atoms with Gasteiger partial charge in [0.05, 0.1) is 0 Å². The van der Waals surface area contributed by atoms with E-state index in [0.717, 1.165) is 11.1 Å². The molecule has 5 nitrogen and oxygen atoms in total. The molecule has 1 fully saturated rings. The molecule has 0 radical (unpaired) electrons. The van der Waals surface area contributed by atoms with Crippen LogP contribution < -0.4 is 0 Å². The molecule has 3 rings (SSSR count). The molecule has 0 unspecified atom stereocenters. The molecule has 1 amide bonds. The first kappa shape index (κ1) is 21.6. The number of hydrogen-bond acceptors (Lipinski definition) is 3. The molecule has 1 aliphatic rings. The Kier molecular flexibility index (Phi) is 7.11. The van der Waals surface area contributed by atoms with E-state index in [2.05, 4.69) is 0 Å². The number of nitrogens with zero attached hydrogens (tertiary/aromatic N) is 2. The van der Waals surface area contributed by atoms with E-state index in [1.54, 1.807) is 24.1 Å². The minimum Gasteiger partial charge on any atom is -0.341 e. The fourth-order valence-corrected chi connectivity index (χ4v) is 4.90. The maximum atomic E-state index is 12.8. The topological polar surface area (TPSA) is 57.7 Å². The first-order chi connectivity index (χ1) is 13.8. The van der Waals surface area contributed by atoms with Crippen molar-refractivity contribution in [2.24, 2.45) is 5.92 Å². The largest absolute Gasteiger partial charge is 0.341 e. The third-order valence-electron chi connectivity index (χ3n) is 5.08. The van der Waals surface area contributed by atoms with Crippen LogP contribution in [0.4, 0.5) is 0 Å². The van der Waals surface area contributed by atoms with Crippen LogP contribution in [-0.4, -0.2) is 43.7 Å². The molecule has 7 heteroatoms. The normalized spacial score (nSPS) is 16.2. The third kappa shape index (κ3) is 5.92. The first-order valence-corrected chi connectivity index (χ1v) is 11.5. The molecule has 154 valence electrons. The summed E-state index contributed by atoms with van der Waals surface area (Å²) in [6.45, 7) is 1.18. The number of rotatable bonds is 6. The van der Waals surface area contributed by atoms with Crippen molar-refractivity contribution >= 4 is 33.6 Å². The summed E-state index contributed by atoms with van der Waals surface area (Å²) in [4.78, 5) is 14.5. The quantitative estimate of drug-likeness (QED) is 0.692. The Morgan fingerprint density at radius 2 is 1.83 bits per heavy atom. The molecule has 0 bridgehead atoms. The van der Waals surface area contributed by atoms with Crippen molar-refractivity contribution in [1.82, 2.24) is 9.21 Å². The average molecular weight is 433 g/mol. The van der Waals surface area contributed by atoms with Crippen LogP contribution >= 0.6 is 11.6 Å². The zero-order valence-corrected chi connectivity index (χ0v) is 17.9. The van der Waals surface area contributed by atoms with Gasteiger partial charge in [-0.3, -0.25) is 4.79 Å². The smallest absolute Gasteiger partial charge is 0.236 e. The van der Waals surface area contributed by atoms with Crippen LogP contribution in [0.5, 0.6) is 0 Å². The van der Waals surface area contributed by atoms with Gasteiger partial charge in [-0.2, -0.15) is 4.31 Å². The highest BCUT2D eigenvalue weighted by atomic mass is 35.5. The lowest BCUT2D eigenvalue weighted by molar-refractivity contribution is -0.135. The van der Waals surface area contributed by atoms with Crippen molar-refractivity contribution in [2.45, 2.75) is 19.4 Å². The molecule has 0 saturated carbocycles. The number of piperidine rings is 1. The zero-order chi connectivity index (χ0) is 20.9. The number of carbonyl (C=O) groups is 1. The molecule has 1 saturated heterocycles. The van der Waals surface area contributed by atoms with E-state index in [9.17, 15) is 13.2 Å². The van der Waals surface area contributed by atoms with Gasteiger partial charge in [0, 0.05) is 43.0 Å². The van der Waals surface area contributed by atoms with Crippen molar-refractivity contribution in [3.63, 3.8) is 0 Å². The molecule has 0 aromatic heterocycles. The SMILES string of the molecule is CN(Cc1cccc(Cl)c1)C(=O)C1CCN(S(=O)(=O)C=Cc2ccccc2)CC1. The van der Waals surface area contributed by atoms with Crippen LogP contribution in [-0.2, 0) is 21.4 Å². The Morgan fingerprint density at radius 3 is 2.48 bits per heavy atom. The highest BCUT2D eigenvalue weighted by Crippen LogP contribution is 2.23. The van der Waals surface area contributed by atoms with Gasteiger partial charge in [-0.1, -0.05) is 54.1 Å². The van der Waals surface area contributed by atoms with E-state index in [1.165, 1.54) is 9.71 Å². The van der Waals surface area contributed by atoms with Crippen LogP contribution in [0, 0.1) is 5.92 Å². The van der Waals surface area contributed by atoms with Crippen LogP contribution in [0.2, 0.25) is 5.02 Å². The number of amides is 1. The average Bonchev–Trinajstić information content (AvgIpc) is 2.72. The first-order valence-electron chi connectivity index (χ1n) is 9.58. The minimum atomic E-state index is -3.49. The molecule has 0 atom stereocenters. The van der Waals surface area contributed by atoms with Crippen LogP contribution in [0.1, 0.15) is 24.0 Å². The third-order valence-corrected chi connectivity index (χ3v) is 6.88. The van der Waals surface area contributed by atoms with Crippen molar-refractivity contribution in [1.29, 1.82) is 0 Å². The van der Waals surface area contributed by atoms with Crippen LogP contribution in [0.25, 0.3) is 6.08 Å². The minimum absolute atomic E-state index is 0.0434. The van der Waals surface area contributed by atoms with Gasteiger partial charge in [0.2, 0.25) is 15.9 Å². The van der Waals surface area contributed by atoms with Gasteiger partial charge in [-0.05, 0) is 42.2 Å².